The third-order valence-electron chi connectivity index (χ3n) is 3.16. The normalized spacial score (nSPS) is 11.9. The first-order chi connectivity index (χ1) is 10.8. The van der Waals surface area contributed by atoms with E-state index in [4.69, 9.17) is 10.8 Å². The largest absolute Gasteiger partial charge is 0.305 e. The molecule has 0 saturated heterocycles. The summed E-state index contributed by atoms with van der Waals surface area (Å²) in [6, 6.07) is 9.63. The van der Waals surface area contributed by atoms with Crippen molar-refractivity contribution in [3.05, 3.63) is 71.0 Å². The lowest BCUT2D eigenvalue weighted by Crippen LogP contribution is -2.08. The molecular weight excluding hydrogens is 369 g/mol. The quantitative estimate of drug-likeness (QED) is 0.525. The summed E-state index contributed by atoms with van der Waals surface area (Å²) >= 11 is 2.93. The van der Waals surface area contributed by atoms with E-state index in [0.29, 0.717) is 17.7 Å². The van der Waals surface area contributed by atoms with Crippen molar-refractivity contribution in [1.29, 1.82) is 10.8 Å². The zero-order chi connectivity index (χ0) is 17.1. The van der Waals surface area contributed by atoms with Crippen LogP contribution in [-0.2, 0) is 0 Å². The van der Waals surface area contributed by atoms with Crippen LogP contribution in [-0.4, -0.2) is 10.3 Å². The van der Waals surface area contributed by atoms with Gasteiger partial charge in [-0.1, -0.05) is 30.3 Å². The van der Waals surface area contributed by atoms with Gasteiger partial charge in [0.25, 0.3) is 0 Å². The Morgan fingerprint density at radius 1 is 0.913 bits per heavy atom. The number of allylic oxidation sites excluding steroid dienone is 2. The molecule has 0 fully saturated rings. The second-order valence-electron chi connectivity index (χ2n) is 4.80. The van der Waals surface area contributed by atoms with Gasteiger partial charge in [-0.2, -0.15) is 0 Å². The Bertz CT molecular complexity index is 791. The standard InChI is InChI=1S/C17H12BrF3N2/c1-9(22)14(10-5-3-2-4-6-10)16(17(18)23)15-12(20)7-11(19)8-13(15)21/h2-8,22-23H,1H3/b16-14+,22-9?,23-17?. The highest BCUT2D eigenvalue weighted by Crippen LogP contribution is 2.33. The number of benzene rings is 2. The Kier molecular flexibility index (Phi) is 5.15. The Morgan fingerprint density at radius 3 is 1.87 bits per heavy atom. The Balaban J connectivity index is 2.89. The summed E-state index contributed by atoms with van der Waals surface area (Å²) in [5, 5.41) is 15.8. The molecule has 0 unspecified atom stereocenters. The number of nitrogens with one attached hydrogen (secondary N) is 2. The number of rotatable bonds is 4. The van der Waals surface area contributed by atoms with Gasteiger partial charge in [-0.05, 0) is 28.4 Å². The second kappa shape index (κ2) is 6.91. The molecule has 0 bridgehead atoms. The minimum atomic E-state index is -1.13. The molecule has 0 heterocycles. The Labute approximate surface area is 139 Å². The van der Waals surface area contributed by atoms with Crippen molar-refractivity contribution in [3.8, 4) is 0 Å². The van der Waals surface area contributed by atoms with Crippen molar-refractivity contribution in [2.75, 3.05) is 0 Å². The maximum absolute atomic E-state index is 14.2. The fourth-order valence-electron chi connectivity index (χ4n) is 2.28. The summed E-state index contributed by atoms with van der Waals surface area (Å²) in [5.74, 6) is -3.30. The highest BCUT2D eigenvalue weighted by atomic mass is 79.9. The lowest BCUT2D eigenvalue weighted by atomic mass is 9.92. The molecule has 23 heavy (non-hydrogen) atoms. The van der Waals surface area contributed by atoms with Gasteiger partial charge in [-0.15, -0.1) is 0 Å². The van der Waals surface area contributed by atoms with Gasteiger partial charge >= 0.3 is 0 Å². The number of hydrogen-bond acceptors (Lipinski definition) is 2. The summed E-state index contributed by atoms with van der Waals surface area (Å²) in [6.07, 6.45) is 0. The Morgan fingerprint density at radius 2 is 1.43 bits per heavy atom. The summed E-state index contributed by atoms with van der Waals surface area (Å²) in [5.41, 5.74) is 0.0650. The zero-order valence-electron chi connectivity index (χ0n) is 12.1. The van der Waals surface area contributed by atoms with Gasteiger partial charge in [-0.3, -0.25) is 5.41 Å². The van der Waals surface area contributed by atoms with Crippen LogP contribution in [0.5, 0.6) is 0 Å². The summed E-state index contributed by atoms with van der Waals surface area (Å²) in [7, 11) is 0. The molecule has 2 aromatic carbocycles. The van der Waals surface area contributed by atoms with Crippen molar-refractivity contribution < 1.29 is 13.2 Å². The van der Waals surface area contributed by atoms with E-state index in [1.54, 1.807) is 30.3 Å². The maximum Gasteiger partial charge on any atom is 0.137 e. The maximum atomic E-state index is 14.2. The van der Waals surface area contributed by atoms with Crippen LogP contribution in [0.3, 0.4) is 0 Å². The van der Waals surface area contributed by atoms with Crippen LogP contribution in [0.4, 0.5) is 13.2 Å². The predicted molar refractivity (Wildman–Crippen MR) is 89.6 cm³/mol. The van der Waals surface area contributed by atoms with Gasteiger partial charge < -0.3 is 5.41 Å². The van der Waals surface area contributed by atoms with Crippen molar-refractivity contribution in [2.45, 2.75) is 6.92 Å². The monoisotopic (exact) mass is 380 g/mol. The predicted octanol–water partition coefficient (Wildman–Crippen LogP) is 5.43. The van der Waals surface area contributed by atoms with Crippen LogP contribution in [0, 0.1) is 28.3 Å². The summed E-state index contributed by atoms with van der Waals surface area (Å²) in [4.78, 5) is 0. The molecular formula is C17H12BrF3N2. The smallest absolute Gasteiger partial charge is 0.137 e. The van der Waals surface area contributed by atoms with E-state index < -0.39 is 23.0 Å². The molecule has 0 radical (unpaired) electrons. The molecule has 0 aromatic heterocycles. The van der Waals surface area contributed by atoms with Crippen LogP contribution in [0.2, 0.25) is 0 Å². The molecule has 0 amide bonds. The lowest BCUT2D eigenvalue weighted by Gasteiger charge is -2.15. The average molecular weight is 381 g/mol. The minimum Gasteiger partial charge on any atom is -0.305 e. The minimum absolute atomic E-state index is 0.0264. The van der Waals surface area contributed by atoms with Gasteiger partial charge in [0, 0.05) is 29.0 Å². The first-order valence-corrected chi connectivity index (χ1v) is 7.36. The van der Waals surface area contributed by atoms with Gasteiger partial charge in [0.05, 0.1) is 5.56 Å². The van der Waals surface area contributed by atoms with Gasteiger partial charge in [0.2, 0.25) is 0 Å². The second-order valence-corrected chi connectivity index (χ2v) is 5.59. The molecule has 2 aromatic rings. The van der Waals surface area contributed by atoms with Crippen molar-refractivity contribution in [2.24, 2.45) is 0 Å². The van der Waals surface area contributed by atoms with E-state index in [9.17, 15) is 13.2 Å². The fraction of sp³-hybridized carbons (Fsp3) is 0.0588. The van der Waals surface area contributed by atoms with E-state index in [1.807, 2.05) is 0 Å². The van der Waals surface area contributed by atoms with E-state index in [0.717, 1.165) is 0 Å². The van der Waals surface area contributed by atoms with Crippen molar-refractivity contribution in [1.82, 2.24) is 0 Å². The van der Waals surface area contributed by atoms with Crippen molar-refractivity contribution in [3.63, 3.8) is 0 Å². The lowest BCUT2D eigenvalue weighted by molar-refractivity contribution is 0.539. The number of halogens is 4. The average Bonchev–Trinajstić information content (AvgIpc) is 2.45. The van der Waals surface area contributed by atoms with Crippen molar-refractivity contribution >= 4 is 37.4 Å². The van der Waals surface area contributed by atoms with Gasteiger partial charge in [-0.25, -0.2) is 13.2 Å². The first-order valence-electron chi connectivity index (χ1n) is 6.57. The Hall–Kier alpha value is -2.21. The molecule has 0 spiro atoms. The zero-order valence-corrected chi connectivity index (χ0v) is 13.6. The molecule has 0 atom stereocenters. The topological polar surface area (TPSA) is 47.7 Å². The van der Waals surface area contributed by atoms with E-state index >= 15 is 0 Å². The van der Waals surface area contributed by atoms with Gasteiger partial charge in [0.15, 0.2) is 0 Å². The molecule has 6 heteroatoms. The first kappa shape index (κ1) is 17.1. The number of hydrogen-bond donors (Lipinski definition) is 2. The molecule has 0 saturated carbocycles. The molecule has 2 nitrogen and oxygen atoms in total. The third-order valence-corrected chi connectivity index (χ3v) is 3.56. The van der Waals surface area contributed by atoms with Crippen LogP contribution in [0.25, 0.3) is 11.1 Å². The van der Waals surface area contributed by atoms with E-state index in [-0.39, 0.29) is 21.5 Å². The fourth-order valence-corrected chi connectivity index (χ4v) is 2.68. The molecule has 0 aliphatic carbocycles. The third kappa shape index (κ3) is 3.59. The molecule has 2 N–H and O–H groups in total. The molecule has 118 valence electrons. The van der Waals surface area contributed by atoms with E-state index in [2.05, 4.69) is 15.9 Å². The van der Waals surface area contributed by atoms with Crippen LogP contribution >= 0.6 is 15.9 Å². The summed E-state index contributed by atoms with van der Waals surface area (Å²) < 4.78 is 41.2. The molecule has 0 aliphatic rings. The van der Waals surface area contributed by atoms with Crippen LogP contribution in [0.15, 0.2) is 42.5 Å². The highest BCUT2D eigenvalue weighted by Gasteiger charge is 2.23. The van der Waals surface area contributed by atoms with Gasteiger partial charge in [0.1, 0.15) is 22.1 Å². The highest BCUT2D eigenvalue weighted by molar-refractivity contribution is 9.18. The van der Waals surface area contributed by atoms with Crippen LogP contribution < -0.4 is 0 Å². The molecule has 2 rings (SSSR count). The van der Waals surface area contributed by atoms with Crippen LogP contribution in [0.1, 0.15) is 18.1 Å². The summed E-state index contributed by atoms with van der Waals surface area (Å²) in [6.45, 7) is 1.46. The van der Waals surface area contributed by atoms with E-state index in [1.165, 1.54) is 6.92 Å². The molecule has 0 aliphatic heterocycles. The SMILES string of the molecule is CC(=N)/C(=C(\C(=N)Br)c1c(F)cc(F)cc1F)c1ccccc1.